The van der Waals surface area contributed by atoms with Crippen LogP contribution in [-0.2, 0) is 11.3 Å². The number of carbonyl (C=O) groups is 2. The molecular formula is C21H21FN2O3. The molecular weight excluding hydrogens is 347 g/mol. The monoisotopic (exact) mass is 368 g/mol. The van der Waals surface area contributed by atoms with E-state index >= 15 is 0 Å². The van der Waals surface area contributed by atoms with Crippen LogP contribution >= 0.6 is 0 Å². The molecule has 0 spiro atoms. The van der Waals surface area contributed by atoms with Crippen molar-refractivity contribution in [3.8, 4) is 5.75 Å². The number of hydrogen-bond acceptors (Lipinski definition) is 3. The second-order valence-corrected chi connectivity index (χ2v) is 6.74. The zero-order chi connectivity index (χ0) is 19.4. The fourth-order valence-corrected chi connectivity index (χ4v) is 2.60. The Morgan fingerprint density at radius 3 is 2.48 bits per heavy atom. The number of urea groups is 1. The Bertz CT molecular complexity index is 875. The third-order valence-corrected chi connectivity index (χ3v) is 4.02. The molecule has 3 amide bonds. The van der Waals surface area contributed by atoms with Crippen molar-refractivity contribution in [3.05, 3.63) is 71.2 Å². The second-order valence-electron chi connectivity index (χ2n) is 6.74. The quantitative estimate of drug-likeness (QED) is 0.620. The van der Waals surface area contributed by atoms with Gasteiger partial charge in [0.2, 0.25) is 0 Å². The van der Waals surface area contributed by atoms with Crippen LogP contribution in [0.2, 0.25) is 0 Å². The van der Waals surface area contributed by atoms with E-state index in [-0.39, 0.29) is 17.8 Å². The number of hydrogen-bond donors (Lipinski definition) is 1. The Morgan fingerprint density at radius 2 is 1.81 bits per heavy atom. The van der Waals surface area contributed by atoms with Crippen molar-refractivity contribution in [1.82, 2.24) is 10.2 Å². The lowest BCUT2D eigenvalue weighted by molar-refractivity contribution is -0.123. The van der Waals surface area contributed by atoms with Gasteiger partial charge in [-0.3, -0.25) is 9.69 Å². The van der Waals surface area contributed by atoms with E-state index in [9.17, 15) is 14.0 Å². The molecule has 0 radical (unpaired) electrons. The van der Waals surface area contributed by atoms with Gasteiger partial charge in [-0.05, 0) is 35.8 Å². The van der Waals surface area contributed by atoms with Gasteiger partial charge in [0, 0.05) is 5.56 Å². The van der Waals surface area contributed by atoms with E-state index in [2.05, 4.69) is 19.2 Å². The Kier molecular flexibility index (Phi) is 5.54. The number of nitrogens with zero attached hydrogens (tertiary/aromatic N) is 1. The molecule has 1 N–H and O–H groups in total. The molecule has 2 aromatic rings. The first kappa shape index (κ1) is 18.6. The molecule has 27 heavy (non-hydrogen) atoms. The topological polar surface area (TPSA) is 58.6 Å². The Hall–Kier alpha value is -3.15. The van der Waals surface area contributed by atoms with Crippen LogP contribution in [0.1, 0.15) is 25.0 Å². The van der Waals surface area contributed by atoms with Gasteiger partial charge < -0.3 is 10.1 Å². The van der Waals surface area contributed by atoms with Crippen LogP contribution in [0.3, 0.4) is 0 Å². The van der Waals surface area contributed by atoms with Gasteiger partial charge in [0.05, 0.1) is 13.2 Å². The predicted octanol–water partition coefficient (Wildman–Crippen LogP) is 3.95. The minimum Gasteiger partial charge on any atom is -0.493 e. The highest BCUT2D eigenvalue weighted by molar-refractivity contribution is 6.13. The Morgan fingerprint density at radius 1 is 1.11 bits per heavy atom. The highest BCUT2D eigenvalue weighted by atomic mass is 19.1. The van der Waals surface area contributed by atoms with Crippen LogP contribution in [0, 0.1) is 11.7 Å². The van der Waals surface area contributed by atoms with Crippen LogP contribution in [0.25, 0.3) is 6.08 Å². The van der Waals surface area contributed by atoms with Gasteiger partial charge in [-0.15, -0.1) is 0 Å². The molecule has 0 saturated carbocycles. The van der Waals surface area contributed by atoms with E-state index in [1.165, 1.54) is 6.07 Å². The lowest BCUT2D eigenvalue weighted by Gasteiger charge is -2.12. The zero-order valence-electron chi connectivity index (χ0n) is 15.2. The number of amides is 3. The summed E-state index contributed by atoms with van der Waals surface area (Å²) in [5.41, 5.74) is 1.20. The molecule has 3 rings (SSSR count). The first-order valence-electron chi connectivity index (χ1n) is 8.75. The van der Waals surface area contributed by atoms with E-state index in [0.717, 1.165) is 16.2 Å². The molecule has 0 aromatic heterocycles. The lowest BCUT2D eigenvalue weighted by Crippen LogP contribution is -2.30. The standard InChI is InChI=1S/C21H21FN2O3/c1-14(2)13-27-17-9-7-15(8-10-17)11-19-20(25)24(21(26)23-19)12-16-5-3-4-6-18(16)22/h3-11,14H,12-13H2,1-2H3,(H,23,26)/b19-11+. The zero-order valence-corrected chi connectivity index (χ0v) is 15.2. The summed E-state index contributed by atoms with van der Waals surface area (Å²) in [5.74, 6) is 0.239. The summed E-state index contributed by atoms with van der Waals surface area (Å²) in [7, 11) is 0. The average molecular weight is 368 g/mol. The van der Waals surface area contributed by atoms with E-state index in [4.69, 9.17) is 4.74 Å². The highest BCUT2D eigenvalue weighted by Gasteiger charge is 2.33. The summed E-state index contributed by atoms with van der Waals surface area (Å²) in [5, 5.41) is 2.54. The predicted molar refractivity (Wildman–Crippen MR) is 100 cm³/mol. The van der Waals surface area contributed by atoms with Crippen molar-refractivity contribution in [1.29, 1.82) is 0 Å². The number of nitrogens with one attached hydrogen (secondary N) is 1. The molecule has 0 unspecified atom stereocenters. The van der Waals surface area contributed by atoms with E-state index in [0.29, 0.717) is 12.5 Å². The summed E-state index contributed by atoms with van der Waals surface area (Å²) in [6, 6.07) is 12.7. The van der Waals surface area contributed by atoms with Crippen LogP contribution in [-0.4, -0.2) is 23.4 Å². The minimum absolute atomic E-state index is 0.114. The third-order valence-electron chi connectivity index (χ3n) is 4.02. The summed E-state index contributed by atoms with van der Waals surface area (Å²) in [6.07, 6.45) is 1.59. The summed E-state index contributed by atoms with van der Waals surface area (Å²) in [4.78, 5) is 25.6. The van der Waals surface area contributed by atoms with Crippen LogP contribution in [0.4, 0.5) is 9.18 Å². The second kappa shape index (κ2) is 8.03. The molecule has 1 heterocycles. The maximum atomic E-state index is 13.8. The molecule has 0 bridgehead atoms. The summed E-state index contributed by atoms with van der Waals surface area (Å²) >= 11 is 0. The number of rotatable bonds is 6. The van der Waals surface area contributed by atoms with Crippen LogP contribution < -0.4 is 10.1 Å². The lowest BCUT2D eigenvalue weighted by atomic mass is 10.1. The maximum absolute atomic E-state index is 13.8. The molecule has 0 aliphatic carbocycles. The number of imide groups is 1. The van der Waals surface area contributed by atoms with Crippen LogP contribution in [0.5, 0.6) is 5.75 Å². The molecule has 1 saturated heterocycles. The van der Waals surface area contributed by atoms with Gasteiger partial charge in [0.15, 0.2) is 0 Å². The van der Waals surface area contributed by atoms with Gasteiger partial charge in [-0.25, -0.2) is 9.18 Å². The number of halogens is 1. The molecule has 1 fully saturated rings. The van der Waals surface area contributed by atoms with E-state index < -0.39 is 17.8 Å². The SMILES string of the molecule is CC(C)COc1ccc(/C=C2/NC(=O)N(Cc3ccccc3F)C2=O)cc1. The molecule has 140 valence electrons. The largest absolute Gasteiger partial charge is 0.493 e. The fraction of sp³-hybridized carbons (Fsp3) is 0.238. The van der Waals surface area contributed by atoms with E-state index in [1.807, 2.05) is 24.3 Å². The number of carbonyl (C=O) groups excluding carboxylic acids is 2. The molecule has 2 aromatic carbocycles. The normalized spacial score (nSPS) is 15.6. The third kappa shape index (κ3) is 4.53. The molecule has 5 nitrogen and oxygen atoms in total. The van der Waals surface area contributed by atoms with Gasteiger partial charge in [0.25, 0.3) is 5.91 Å². The van der Waals surface area contributed by atoms with Crippen molar-refractivity contribution in [2.75, 3.05) is 6.61 Å². The summed E-state index contributed by atoms with van der Waals surface area (Å²) < 4.78 is 19.4. The molecule has 1 aliphatic heterocycles. The Labute approximate surface area is 157 Å². The molecule has 6 heteroatoms. The van der Waals surface area contributed by atoms with Crippen molar-refractivity contribution >= 4 is 18.0 Å². The maximum Gasteiger partial charge on any atom is 0.329 e. The van der Waals surface area contributed by atoms with E-state index in [1.54, 1.807) is 24.3 Å². The van der Waals surface area contributed by atoms with Gasteiger partial charge in [-0.2, -0.15) is 0 Å². The number of benzene rings is 2. The first-order valence-corrected chi connectivity index (χ1v) is 8.75. The van der Waals surface area contributed by atoms with Gasteiger partial charge >= 0.3 is 6.03 Å². The molecule has 1 aliphatic rings. The van der Waals surface area contributed by atoms with Gasteiger partial charge in [-0.1, -0.05) is 44.2 Å². The van der Waals surface area contributed by atoms with Crippen molar-refractivity contribution in [2.45, 2.75) is 20.4 Å². The highest BCUT2D eigenvalue weighted by Crippen LogP contribution is 2.20. The smallest absolute Gasteiger partial charge is 0.329 e. The average Bonchev–Trinajstić information content (AvgIpc) is 2.90. The van der Waals surface area contributed by atoms with Crippen molar-refractivity contribution in [2.24, 2.45) is 5.92 Å². The number of ether oxygens (including phenoxy) is 1. The first-order chi connectivity index (χ1) is 12.9. The van der Waals surface area contributed by atoms with Crippen LogP contribution in [0.15, 0.2) is 54.2 Å². The Balaban J connectivity index is 1.71. The van der Waals surface area contributed by atoms with Gasteiger partial charge in [0.1, 0.15) is 17.3 Å². The van der Waals surface area contributed by atoms with Crippen molar-refractivity contribution in [3.63, 3.8) is 0 Å². The summed E-state index contributed by atoms with van der Waals surface area (Å²) in [6.45, 7) is 4.65. The van der Waals surface area contributed by atoms with Crippen molar-refractivity contribution < 1.29 is 18.7 Å². The fourth-order valence-electron chi connectivity index (χ4n) is 2.60. The minimum atomic E-state index is -0.564. The molecule has 0 atom stereocenters.